The fourth-order valence-electron chi connectivity index (χ4n) is 3.17. The second-order valence-electron chi connectivity index (χ2n) is 7.83. The maximum atomic E-state index is 13.4. The second kappa shape index (κ2) is 10.4. The predicted molar refractivity (Wildman–Crippen MR) is 119 cm³/mol. The molecule has 3 rings (SSSR count). The lowest BCUT2D eigenvalue weighted by Crippen LogP contribution is -2.18. The standard InChI is InChI=1S/C23H14F9NO6S/c1-38-14-3-4-16(20(34)35)19(10-14)39-18-5-2-11(21(24,25)26)9-17(18)33-40(36,37)15-7-12(22(27,28)29)6-13(8-15)23(30,31)32/h2-10,33H,1H3,(H,34,35). The zero-order chi connectivity index (χ0) is 30.3. The summed E-state index contributed by atoms with van der Waals surface area (Å²) in [6.45, 7) is 0. The summed E-state index contributed by atoms with van der Waals surface area (Å²) in [4.78, 5) is 9.98. The quantitative estimate of drug-likeness (QED) is 0.281. The van der Waals surface area contributed by atoms with E-state index < -0.39 is 78.9 Å². The molecule has 40 heavy (non-hydrogen) atoms. The van der Waals surface area contributed by atoms with Gasteiger partial charge in [0.1, 0.15) is 17.1 Å². The molecule has 2 N–H and O–H groups in total. The number of sulfonamides is 1. The summed E-state index contributed by atoms with van der Waals surface area (Å²) in [6, 6.07) is 3.69. The molecule has 3 aromatic rings. The maximum absolute atomic E-state index is 13.4. The van der Waals surface area contributed by atoms with E-state index in [1.807, 2.05) is 0 Å². The van der Waals surface area contributed by atoms with Crippen molar-refractivity contribution in [1.29, 1.82) is 0 Å². The zero-order valence-electron chi connectivity index (χ0n) is 19.5. The molecule has 0 saturated heterocycles. The largest absolute Gasteiger partial charge is 0.497 e. The fraction of sp³-hybridized carbons (Fsp3) is 0.174. The first-order chi connectivity index (χ1) is 18.2. The van der Waals surface area contributed by atoms with Gasteiger partial charge in [-0.2, -0.15) is 39.5 Å². The molecule has 0 atom stereocenters. The lowest BCUT2D eigenvalue weighted by atomic mass is 10.1. The van der Waals surface area contributed by atoms with Crippen LogP contribution < -0.4 is 14.2 Å². The summed E-state index contributed by atoms with van der Waals surface area (Å²) in [5.74, 6) is -2.89. The van der Waals surface area contributed by atoms with Crippen molar-refractivity contribution in [1.82, 2.24) is 0 Å². The van der Waals surface area contributed by atoms with Crippen LogP contribution in [0.5, 0.6) is 17.2 Å². The van der Waals surface area contributed by atoms with Crippen LogP contribution in [-0.4, -0.2) is 26.6 Å². The highest BCUT2D eigenvalue weighted by Gasteiger charge is 2.39. The summed E-state index contributed by atoms with van der Waals surface area (Å²) >= 11 is 0. The number of hydrogen-bond donors (Lipinski definition) is 2. The van der Waals surface area contributed by atoms with Gasteiger partial charge in [-0.3, -0.25) is 4.72 Å². The van der Waals surface area contributed by atoms with Gasteiger partial charge in [0.15, 0.2) is 5.75 Å². The van der Waals surface area contributed by atoms with Crippen LogP contribution >= 0.6 is 0 Å². The van der Waals surface area contributed by atoms with Gasteiger partial charge in [0.25, 0.3) is 10.0 Å². The number of alkyl halides is 9. The van der Waals surface area contributed by atoms with Crippen LogP contribution in [-0.2, 0) is 28.6 Å². The summed E-state index contributed by atoms with van der Waals surface area (Å²) in [5, 5.41) is 9.38. The van der Waals surface area contributed by atoms with Gasteiger partial charge in [-0.15, -0.1) is 0 Å². The molecular weight excluding hydrogens is 589 g/mol. The first kappa shape index (κ1) is 30.4. The van der Waals surface area contributed by atoms with Crippen molar-refractivity contribution >= 4 is 21.7 Å². The van der Waals surface area contributed by atoms with Crippen molar-refractivity contribution in [3.63, 3.8) is 0 Å². The van der Waals surface area contributed by atoms with Crippen molar-refractivity contribution in [3.8, 4) is 17.2 Å². The molecular formula is C23H14F9NO6S. The van der Waals surface area contributed by atoms with E-state index in [0.717, 1.165) is 12.1 Å². The van der Waals surface area contributed by atoms with Crippen LogP contribution in [0.1, 0.15) is 27.0 Å². The van der Waals surface area contributed by atoms with Gasteiger partial charge in [0.2, 0.25) is 0 Å². The summed E-state index contributed by atoms with van der Waals surface area (Å²) in [6.07, 6.45) is -15.9. The Kier molecular flexibility index (Phi) is 7.93. The molecule has 0 aliphatic carbocycles. The molecule has 0 aliphatic heterocycles. The number of benzene rings is 3. The Hall–Kier alpha value is -4.15. The Morgan fingerprint density at radius 1 is 0.750 bits per heavy atom. The number of nitrogens with one attached hydrogen (secondary N) is 1. The van der Waals surface area contributed by atoms with E-state index >= 15 is 0 Å². The second-order valence-corrected chi connectivity index (χ2v) is 9.51. The third-order valence-electron chi connectivity index (χ3n) is 5.06. The number of carboxylic acids is 1. The molecule has 0 aliphatic rings. The van der Waals surface area contributed by atoms with E-state index in [4.69, 9.17) is 9.47 Å². The number of carbonyl (C=O) groups is 1. The fourth-order valence-corrected chi connectivity index (χ4v) is 4.30. The Morgan fingerprint density at radius 3 is 1.77 bits per heavy atom. The van der Waals surface area contributed by atoms with Gasteiger partial charge in [0.05, 0.1) is 34.4 Å². The number of rotatable bonds is 7. The molecule has 3 aromatic carbocycles. The lowest BCUT2D eigenvalue weighted by Gasteiger charge is -2.18. The van der Waals surface area contributed by atoms with Crippen LogP contribution in [0.3, 0.4) is 0 Å². The van der Waals surface area contributed by atoms with Crippen molar-refractivity contribution in [2.45, 2.75) is 23.4 Å². The Balaban J connectivity index is 2.19. The highest BCUT2D eigenvalue weighted by Crippen LogP contribution is 2.41. The van der Waals surface area contributed by atoms with Crippen LogP contribution in [0.4, 0.5) is 45.2 Å². The Labute approximate surface area is 218 Å². The van der Waals surface area contributed by atoms with E-state index in [2.05, 4.69) is 0 Å². The molecule has 0 bridgehead atoms. The normalized spacial score (nSPS) is 12.7. The summed E-state index contributed by atoms with van der Waals surface area (Å²) < 4.78 is 157. The van der Waals surface area contributed by atoms with Crippen molar-refractivity contribution < 1.29 is 67.3 Å². The molecule has 216 valence electrons. The Morgan fingerprint density at radius 2 is 1.30 bits per heavy atom. The van der Waals surface area contributed by atoms with Crippen LogP contribution in [0.15, 0.2) is 59.5 Å². The van der Waals surface area contributed by atoms with E-state index in [1.165, 1.54) is 17.9 Å². The average Bonchev–Trinajstić information content (AvgIpc) is 2.82. The number of aromatic carboxylic acids is 1. The highest BCUT2D eigenvalue weighted by atomic mass is 32.2. The summed E-state index contributed by atoms with van der Waals surface area (Å²) in [7, 11) is -4.25. The zero-order valence-corrected chi connectivity index (χ0v) is 20.3. The molecule has 0 unspecified atom stereocenters. The van der Waals surface area contributed by atoms with Gasteiger partial charge >= 0.3 is 24.5 Å². The Bertz CT molecular complexity index is 1520. The van der Waals surface area contributed by atoms with E-state index in [9.17, 15) is 57.8 Å². The van der Waals surface area contributed by atoms with E-state index in [-0.39, 0.29) is 30.0 Å². The van der Waals surface area contributed by atoms with Gasteiger partial charge in [-0.1, -0.05) is 0 Å². The number of methoxy groups -OCH3 is 1. The predicted octanol–water partition coefficient (Wildman–Crippen LogP) is 7.04. The van der Waals surface area contributed by atoms with E-state index in [1.54, 1.807) is 0 Å². The van der Waals surface area contributed by atoms with Crippen molar-refractivity contribution in [3.05, 3.63) is 76.9 Å². The van der Waals surface area contributed by atoms with Gasteiger partial charge < -0.3 is 14.6 Å². The number of anilines is 1. The first-order valence-corrected chi connectivity index (χ1v) is 11.8. The molecule has 0 spiro atoms. The van der Waals surface area contributed by atoms with E-state index in [0.29, 0.717) is 12.1 Å². The molecule has 0 aromatic heterocycles. The van der Waals surface area contributed by atoms with Gasteiger partial charge in [0, 0.05) is 6.07 Å². The minimum absolute atomic E-state index is 0.0117. The molecule has 0 heterocycles. The topological polar surface area (TPSA) is 102 Å². The number of hydrogen-bond acceptors (Lipinski definition) is 5. The first-order valence-electron chi connectivity index (χ1n) is 10.3. The molecule has 0 radical (unpaired) electrons. The average molecular weight is 603 g/mol. The highest BCUT2D eigenvalue weighted by molar-refractivity contribution is 7.92. The maximum Gasteiger partial charge on any atom is 0.416 e. The minimum Gasteiger partial charge on any atom is -0.497 e. The molecule has 0 fully saturated rings. The third kappa shape index (κ3) is 6.88. The number of ether oxygens (including phenoxy) is 2. The number of halogens is 9. The van der Waals surface area contributed by atoms with Crippen LogP contribution in [0.25, 0.3) is 0 Å². The molecule has 0 amide bonds. The molecule has 7 nitrogen and oxygen atoms in total. The van der Waals surface area contributed by atoms with Crippen molar-refractivity contribution in [2.75, 3.05) is 11.8 Å². The van der Waals surface area contributed by atoms with Crippen LogP contribution in [0.2, 0.25) is 0 Å². The molecule has 0 saturated carbocycles. The third-order valence-corrected chi connectivity index (χ3v) is 6.41. The van der Waals surface area contributed by atoms with Crippen molar-refractivity contribution in [2.24, 2.45) is 0 Å². The number of carboxylic acid groups (broad SMARTS) is 1. The minimum atomic E-state index is -5.43. The smallest absolute Gasteiger partial charge is 0.416 e. The lowest BCUT2D eigenvalue weighted by molar-refractivity contribution is -0.143. The van der Waals surface area contributed by atoms with Gasteiger partial charge in [-0.05, 0) is 48.5 Å². The van der Waals surface area contributed by atoms with Crippen LogP contribution in [0, 0.1) is 0 Å². The SMILES string of the molecule is COc1ccc(C(=O)O)c(Oc2ccc(C(F)(F)F)cc2NS(=O)(=O)c2cc(C(F)(F)F)cc(C(F)(F)F)c2)c1. The molecule has 17 heteroatoms. The summed E-state index contributed by atoms with van der Waals surface area (Å²) in [5.41, 5.74) is -7.11. The van der Waals surface area contributed by atoms with Gasteiger partial charge in [-0.25, -0.2) is 13.2 Å². The monoisotopic (exact) mass is 603 g/mol.